The van der Waals surface area contributed by atoms with Crippen molar-refractivity contribution in [2.75, 3.05) is 14.9 Å². The van der Waals surface area contributed by atoms with Crippen molar-refractivity contribution >= 4 is 56.0 Å². The molecule has 0 bridgehead atoms. The van der Waals surface area contributed by atoms with E-state index >= 15 is 0 Å². The molecule has 172 valence electrons. The van der Waals surface area contributed by atoms with Gasteiger partial charge in [-0.1, -0.05) is 17.7 Å². The summed E-state index contributed by atoms with van der Waals surface area (Å²) in [6, 6.07) is 15.9. The van der Waals surface area contributed by atoms with Crippen LogP contribution in [-0.2, 0) is 16.4 Å². The molecule has 0 aliphatic carbocycles. The molecule has 0 saturated carbocycles. The van der Waals surface area contributed by atoms with Gasteiger partial charge in [-0.2, -0.15) is 0 Å². The maximum absolute atomic E-state index is 13.7. The van der Waals surface area contributed by atoms with Crippen LogP contribution in [0.15, 0.2) is 65.6 Å². The van der Waals surface area contributed by atoms with E-state index in [1.807, 2.05) is 19.9 Å². The number of rotatable bonds is 4. The zero-order chi connectivity index (χ0) is 23.8. The summed E-state index contributed by atoms with van der Waals surface area (Å²) in [6.07, 6.45) is 1.26. The zero-order valence-electron chi connectivity index (χ0n) is 18.1. The molecule has 0 fully saturated rings. The molecule has 0 spiro atoms. The van der Waals surface area contributed by atoms with Crippen molar-refractivity contribution < 1.29 is 12.8 Å². The van der Waals surface area contributed by atoms with Gasteiger partial charge in [0.1, 0.15) is 5.82 Å². The molecule has 0 aromatic heterocycles. The lowest BCUT2D eigenvalue weighted by Crippen LogP contribution is -2.42. The maximum atomic E-state index is 13.7. The minimum absolute atomic E-state index is 0.154. The zero-order valence-corrected chi connectivity index (χ0v) is 20.5. The average Bonchev–Trinajstić information content (AvgIpc) is 2.76. The molecule has 0 radical (unpaired) electrons. The summed E-state index contributed by atoms with van der Waals surface area (Å²) in [6.45, 7) is 3.80. The predicted molar refractivity (Wildman–Crippen MR) is 136 cm³/mol. The predicted octanol–water partition coefficient (Wildman–Crippen LogP) is 6.13. The lowest BCUT2D eigenvalue weighted by Gasteiger charge is -2.36. The van der Waals surface area contributed by atoms with Gasteiger partial charge >= 0.3 is 0 Å². The number of hydrogen-bond donors (Lipinski definition) is 2. The van der Waals surface area contributed by atoms with E-state index < -0.39 is 10.0 Å². The second-order valence-electron chi connectivity index (χ2n) is 8.02. The fourth-order valence-electron chi connectivity index (χ4n) is 3.89. The van der Waals surface area contributed by atoms with Crippen LogP contribution in [-0.4, -0.2) is 19.6 Å². The number of aryl methyl sites for hydroxylation is 2. The molecule has 0 saturated heterocycles. The highest BCUT2D eigenvalue weighted by Gasteiger charge is 2.34. The van der Waals surface area contributed by atoms with Crippen LogP contribution in [0.1, 0.15) is 24.5 Å². The van der Waals surface area contributed by atoms with Crippen LogP contribution in [0.2, 0.25) is 5.02 Å². The average molecular weight is 504 g/mol. The molecule has 4 rings (SSSR count). The molecule has 0 unspecified atom stereocenters. The Hall–Kier alpha value is -2.68. The van der Waals surface area contributed by atoms with Crippen molar-refractivity contribution in [3.05, 3.63) is 82.6 Å². The summed E-state index contributed by atoms with van der Waals surface area (Å²) in [7, 11) is -3.82. The van der Waals surface area contributed by atoms with Crippen LogP contribution >= 0.6 is 23.8 Å². The first-order valence-corrected chi connectivity index (χ1v) is 12.6. The van der Waals surface area contributed by atoms with Gasteiger partial charge in [-0.05, 0) is 105 Å². The number of nitrogens with zero attached hydrogens (tertiary/aromatic N) is 1. The van der Waals surface area contributed by atoms with E-state index in [1.165, 1.54) is 34.6 Å². The van der Waals surface area contributed by atoms with E-state index in [0.29, 0.717) is 39.9 Å². The number of halogens is 2. The molecule has 1 aliphatic heterocycles. The highest BCUT2D eigenvalue weighted by atomic mass is 35.5. The molecular formula is C24H23ClFN3O2S2. The Morgan fingerprint density at radius 2 is 1.82 bits per heavy atom. The van der Waals surface area contributed by atoms with Crippen LogP contribution in [0, 0.1) is 12.7 Å². The fourth-order valence-corrected chi connectivity index (χ4v) is 6.02. The largest absolute Gasteiger partial charge is 0.332 e. The first-order chi connectivity index (χ1) is 15.6. The highest BCUT2D eigenvalue weighted by molar-refractivity contribution is 7.92. The number of nitrogens with one attached hydrogen (secondary N) is 2. The van der Waals surface area contributed by atoms with Crippen molar-refractivity contribution in [2.45, 2.75) is 37.6 Å². The molecule has 1 aliphatic rings. The molecule has 1 atom stereocenters. The van der Waals surface area contributed by atoms with Gasteiger partial charge in [0.25, 0.3) is 10.0 Å². The summed E-state index contributed by atoms with van der Waals surface area (Å²) in [5, 5.41) is 7.10. The van der Waals surface area contributed by atoms with Crippen LogP contribution in [0.25, 0.3) is 0 Å². The van der Waals surface area contributed by atoms with E-state index in [0.717, 1.165) is 11.3 Å². The molecule has 1 heterocycles. The molecule has 5 nitrogen and oxygen atoms in total. The third-order valence-corrected chi connectivity index (χ3v) is 8.01. The number of anilines is 3. The van der Waals surface area contributed by atoms with Crippen molar-refractivity contribution in [1.82, 2.24) is 0 Å². The first-order valence-electron chi connectivity index (χ1n) is 10.4. The van der Waals surface area contributed by atoms with Gasteiger partial charge in [-0.3, -0.25) is 4.31 Å². The molecule has 9 heteroatoms. The van der Waals surface area contributed by atoms with Crippen LogP contribution in [0.5, 0.6) is 0 Å². The number of benzene rings is 3. The van der Waals surface area contributed by atoms with Gasteiger partial charge in [0.05, 0.1) is 10.6 Å². The SMILES string of the molecule is Cc1ccc(Cl)cc1NC(=S)Nc1ccc(S(=O)(=O)N2c3ccc(F)cc3CC[C@H]2C)cc1. The van der Waals surface area contributed by atoms with Crippen LogP contribution < -0.4 is 14.9 Å². The number of fused-ring (bicyclic) bond motifs is 1. The normalized spacial score (nSPS) is 15.6. The Kier molecular flexibility index (Phi) is 6.61. The van der Waals surface area contributed by atoms with Crippen molar-refractivity contribution in [1.29, 1.82) is 0 Å². The minimum Gasteiger partial charge on any atom is -0.332 e. The number of sulfonamides is 1. The van der Waals surface area contributed by atoms with Gasteiger partial charge in [-0.15, -0.1) is 0 Å². The van der Waals surface area contributed by atoms with E-state index in [1.54, 1.807) is 24.3 Å². The lowest BCUT2D eigenvalue weighted by atomic mass is 9.99. The Balaban J connectivity index is 1.53. The first kappa shape index (κ1) is 23.5. The van der Waals surface area contributed by atoms with Gasteiger partial charge < -0.3 is 10.6 Å². The molecular weight excluding hydrogens is 481 g/mol. The molecule has 33 heavy (non-hydrogen) atoms. The Morgan fingerprint density at radius 3 is 2.55 bits per heavy atom. The third kappa shape index (κ3) is 4.98. The molecule has 3 aromatic rings. The van der Waals surface area contributed by atoms with Gasteiger partial charge in [0.2, 0.25) is 0 Å². The second-order valence-corrected chi connectivity index (χ2v) is 10.7. The monoisotopic (exact) mass is 503 g/mol. The van der Waals surface area contributed by atoms with Gasteiger partial charge in [0.15, 0.2) is 5.11 Å². The number of thiocarbonyl (C=S) groups is 1. The molecule has 3 aromatic carbocycles. The summed E-state index contributed by atoms with van der Waals surface area (Å²) in [5.41, 5.74) is 3.64. The topological polar surface area (TPSA) is 61.4 Å². The minimum atomic E-state index is -3.82. The summed E-state index contributed by atoms with van der Waals surface area (Å²) < 4.78 is 42.0. The lowest BCUT2D eigenvalue weighted by molar-refractivity contribution is 0.560. The smallest absolute Gasteiger partial charge is 0.264 e. The standard InChI is InChI=1S/C24H23ClFN3O2S2/c1-15-3-6-18(25)14-22(15)28-24(32)27-20-8-10-21(11-9-20)33(30,31)29-16(2)4-5-17-13-19(26)7-12-23(17)29/h3,6-14,16H,4-5H2,1-2H3,(H2,27,28,32)/t16-/m1/s1. The number of hydrogen-bond acceptors (Lipinski definition) is 3. The Labute approximate surface area is 203 Å². The van der Waals surface area contributed by atoms with Crippen molar-refractivity contribution in [2.24, 2.45) is 0 Å². The van der Waals surface area contributed by atoms with Crippen LogP contribution in [0.3, 0.4) is 0 Å². The Morgan fingerprint density at radius 1 is 1.09 bits per heavy atom. The van der Waals surface area contributed by atoms with Crippen molar-refractivity contribution in [3.63, 3.8) is 0 Å². The molecule has 2 N–H and O–H groups in total. The Bertz CT molecular complexity index is 1310. The quantitative estimate of drug-likeness (QED) is 0.419. The maximum Gasteiger partial charge on any atom is 0.264 e. The van der Waals surface area contributed by atoms with E-state index in [4.69, 9.17) is 23.8 Å². The highest BCUT2D eigenvalue weighted by Crippen LogP contribution is 2.36. The summed E-state index contributed by atoms with van der Waals surface area (Å²) in [5.74, 6) is -0.367. The summed E-state index contributed by atoms with van der Waals surface area (Å²) >= 11 is 11.4. The van der Waals surface area contributed by atoms with Crippen molar-refractivity contribution in [3.8, 4) is 0 Å². The molecule has 0 amide bonds. The van der Waals surface area contributed by atoms with E-state index in [2.05, 4.69) is 10.6 Å². The summed E-state index contributed by atoms with van der Waals surface area (Å²) in [4.78, 5) is 0.154. The van der Waals surface area contributed by atoms with E-state index in [9.17, 15) is 12.8 Å². The van der Waals surface area contributed by atoms with E-state index in [-0.39, 0.29) is 16.8 Å². The van der Waals surface area contributed by atoms with Gasteiger partial charge in [-0.25, -0.2) is 12.8 Å². The van der Waals surface area contributed by atoms with Gasteiger partial charge in [0, 0.05) is 22.4 Å². The third-order valence-electron chi connectivity index (χ3n) is 5.63. The van der Waals surface area contributed by atoms with Crippen LogP contribution in [0.4, 0.5) is 21.5 Å². The second kappa shape index (κ2) is 9.29. The fraction of sp³-hybridized carbons (Fsp3) is 0.208.